The van der Waals surface area contributed by atoms with Gasteiger partial charge < -0.3 is 9.73 Å². The van der Waals surface area contributed by atoms with E-state index in [1.807, 2.05) is 37.3 Å². The molecule has 1 amide bonds. The summed E-state index contributed by atoms with van der Waals surface area (Å²) in [5.74, 6) is 0.902. The Morgan fingerprint density at radius 1 is 1.06 bits per heavy atom. The van der Waals surface area contributed by atoms with Crippen LogP contribution in [0.5, 0.6) is 0 Å². The van der Waals surface area contributed by atoms with Crippen LogP contribution in [0, 0.1) is 6.92 Å². The minimum atomic E-state index is -0.338. The van der Waals surface area contributed by atoms with E-state index in [0.717, 1.165) is 35.0 Å². The van der Waals surface area contributed by atoms with Gasteiger partial charge in [0.25, 0.3) is 0 Å². The molecule has 0 saturated carbocycles. The molecule has 4 aromatic rings. The zero-order chi connectivity index (χ0) is 22.9. The number of anilines is 1. The molecule has 1 aliphatic rings. The Bertz CT molecular complexity index is 1430. The molecule has 2 N–H and O–H groups in total. The van der Waals surface area contributed by atoms with Crippen molar-refractivity contribution in [2.24, 2.45) is 0 Å². The first kappa shape index (κ1) is 21.4. The molecule has 0 unspecified atom stereocenters. The molecule has 0 atom stereocenters. The van der Waals surface area contributed by atoms with Gasteiger partial charge in [0.15, 0.2) is 5.11 Å². The highest BCUT2D eigenvalue weighted by Gasteiger charge is 2.16. The minimum Gasteiger partial charge on any atom is -0.457 e. The topological polar surface area (TPSA) is 54.3 Å². The number of nitrogens with one attached hydrogen (secondary N) is 2. The third-order valence-electron chi connectivity index (χ3n) is 5.84. The summed E-state index contributed by atoms with van der Waals surface area (Å²) in [5.41, 5.74) is 5.49. The van der Waals surface area contributed by atoms with Crippen molar-refractivity contribution in [2.45, 2.75) is 19.8 Å². The van der Waals surface area contributed by atoms with E-state index in [-0.39, 0.29) is 11.0 Å². The van der Waals surface area contributed by atoms with E-state index < -0.39 is 0 Å². The van der Waals surface area contributed by atoms with Crippen LogP contribution in [0.15, 0.2) is 71.2 Å². The van der Waals surface area contributed by atoms with E-state index in [0.29, 0.717) is 16.5 Å². The molecule has 1 heterocycles. The first-order chi connectivity index (χ1) is 16.0. The summed E-state index contributed by atoms with van der Waals surface area (Å²) in [6.45, 7) is 1.95. The highest BCUT2D eigenvalue weighted by atomic mass is 35.5. The van der Waals surface area contributed by atoms with Crippen molar-refractivity contribution in [1.82, 2.24) is 5.32 Å². The number of amides is 1. The van der Waals surface area contributed by atoms with E-state index >= 15 is 0 Å². The van der Waals surface area contributed by atoms with Crippen molar-refractivity contribution in [1.29, 1.82) is 0 Å². The Morgan fingerprint density at radius 3 is 2.70 bits per heavy atom. The largest absolute Gasteiger partial charge is 0.457 e. The van der Waals surface area contributed by atoms with Crippen LogP contribution in [-0.2, 0) is 17.6 Å². The summed E-state index contributed by atoms with van der Waals surface area (Å²) < 4.78 is 5.82. The average Bonchev–Trinajstić information content (AvgIpc) is 3.44. The summed E-state index contributed by atoms with van der Waals surface area (Å²) >= 11 is 11.6. The predicted molar refractivity (Wildman–Crippen MR) is 139 cm³/mol. The van der Waals surface area contributed by atoms with Crippen molar-refractivity contribution in [2.75, 3.05) is 5.32 Å². The quantitative estimate of drug-likeness (QED) is 0.257. The molecule has 0 bridgehead atoms. The summed E-state index contributed by atoms with van der Waals surface area (Å²) in [5, 5.41) is 9.20. The normalized spacial score (nSPS) is 12.4. The number of carbonyl (C=O) groups is 1. The van der Waals surface area contributed by atoms with Crippen LogP contribution < -0.4 is 10.6 Å². The number of thiocarbonyl (C=S) groups is 1. The number of rotatable bonds is 4. The predicted octanol–water partition coefficient (Wildman–Crippen LogP) is 6.69. The van der Waals surface area contributed by atoms with E-state index in [2.05, 4.69) is 34.9 Å². The Labute approximate surface area is 202 Å². The first-order valence-corrected chi connectivity index (χ1v) is 11.5. The van der Waals surface area contributed by atoms with E-state index in [1.165, 1.54) is 22.6 Å². The van der Waals surface area contributed by atoms with Gasteiger partial charge >= 0.3 is 0 Å². The van der Waals surface area contributed by atoms with Gasteiger partial charge in [0.2, 0.25) is 5.91 Å². The Morgan fingerprint density at radius 2 is 1.88 bits per heavy atom. The van der Waals surface area contributed by atoms with Crippen LogP contribution in [-0.4, -0.2) is 11.0 Å². The molecule has 6 heteroatoms. The second-order valence-electron chi connectivity index (χ2n) is 8.05. The highest BCUT2D eigenvalue weighted by molar-refractivity contribution is 7.80. The number of carbonyl (C=O) groups excluding carboxylic acids is 1. The smallest absolute Gasteiger partial charge is 0.250 e. The second-order valence-corrected chi connectivity index (χ2v) is 8.87. The van der Waals surface area contributed by atoms with E-state index in [9.17, 15) is 4.79 Å². The van der Waals surface area contributed by atoms with Crippen molar-refractivity contribution in [3.63, 3.8) is 0 Å². The van der Waals surface area contributed by atoms with Crippen molar-refractivity contribution in [3.05, 3.63) is 94.2 Å². The van der Waals surface area contributed by atoms with E-state index in [4.69, 9.17) is 28.2 Å². The van der Waals surface area contributed by atoms with Crippen molar-refractivity contribution in [3.8, 4) is 11.3 Å². The molecular weight excluding hydrogens is 452 g/mol. The summed E-state index contributed by atoms with van der Waals surface area (Å²) in [4.78, 5) is 12.4. The van der Waals surface area contributed by atoms with Crippen LogP contribution in [0.3, 0.4) is 0 Å². The van der Waals surface area contributed by atoms with Crippen molar-refractivity contribution < 1.29 is 9.21 Å². The first-order valence-electron chi connectivity index (χ1n) is 10.7. The third kappa shape index (κ3) is 4.42. The average molecular weight is 473 g/mol. The Kier molecular flexibility index (Phi) is 5.75. The highest BCUT2D eigenvalue weighted by Crippen LogP contribution is 2.35. The zero-order valence-corrected chi connectivity index (χ0v) is 19.5. The molecule has 0 fully saturated rings. The molecule has 1 aliphatic carbocycles. The zero-order valence-electron chi connectivity index (χ0n) is 17.9. The molecule has 0 aliphatic heterocycles. The molecule has 0 radical (unpaired) electrons. The van der Waals surface area contributed by atoms with Crippen LogP contribution in [0.4, 0.5) is 5.69 Å². The number of halogens is 1. The van der Waals surface area contributed by atoms with Crippen LogP contribution in [0.25, 0.3) is 28.2 Å². The van der Waals surface area contributed by atoms with Crippen LogP contribution in [0.2, 0.25) is 5.02 Å². The maximum Gasteiger partial charge on any atom is 0.250 e. The lowest BCUT2D eigenvalue weighted by molar-refractivity contribution is -0.115. The van der Waals surface area contributed by atoms with Gasteiger partial charge in [-0.2, -0.15) is 0 Å². The third-order valence-corrected chi connectivity index (χ3v) is 6.46. The fourth-order valence-electron chi connectivity index (χ4n) is 4.16. The lowest BCUT2D eigenvalue weighted by Gasteiger charge is -2.12. The SMILES string of the molecule is Cc1ccc(-c2ccc(/C=C/C(=O)NC(=S)Nc3ccc4c5c(cccc35)CC4)o2)cc1Cl. The molecule has 33 heavy (non-hydrogen) atoms. The fourth-order valence-corrected chi connectivity index (χ4v) is 4.56. The second kappa shape index (κ2) is 8.85. The lowest BCUT2D eigenvalue weighted by Crippen LogP contribution is -2.32. The van der Waals surface area contributed by atoms with Gasteiger partial charge in [-0.05, 0) is 84.4 Å². The van der Waals surface area contributed by atoms with Crippen molar-refractivity contribution >= 4 is 57.4 Å². The summed E-state index contributed by atoms with van der Waals surface area (Å²) in [6.07, 6.45) is 5.13. The van der Waals surface area contributed by atoms with Gasteiger partial charge in [0.1, 0.15) is 11.5 Å². The number of hydrogen-bond acceptors (Lipinski definition) is 3. The molecule has 5 rings (SSSR count). The molecule has 0 spiro atoms. The molecule has 0 saturated heterocycles. The summed E-state index contributed by atoms with van der Waals surface area (Å²) in [6, 6.07) is 19.9. The lowest BCUT2D eigenvalue weighted by atomic mass is 10.0. The molecule has 1 aromatic heterocycles. The Hall–Kier alpha value is -3.41. The van der Waals surface area contributed by atoms with Gasteiger partial charge in [-0.15, -0.1) is 0 Å². The maximum absolute atomic E-state index is 12.4. The minimum absolute atomic E-state index is 0.248. The molecule has 4 nitrogen and oxygen atoms in total. The number of benzene rings is 3. The number of furan rings is 1. The van der Waals surface area contributed by atoms with Gasteiger partial charge in [-0.25, -0.2) is 0 Å². The maximum atomic E-state index is 12.4. The van der Waals surface area contributed by atoms with Gasteiger partial charge in [0.05, 0.1) is 0 Å². The number of hydrogen-bond donors (Lipinski definition) is 2. The van der Waals surface area contributed by atoms with E-state index in [1.54, 1.807) is 12.1 Å². The Balaban J connectivity index is 1.24. The van der Waals surface area contributed by atoms with Crippen LogP contribution >= 0.6 is 23.8 Å². The van der Waals surface area contributed by atoms with Gasteiger partial charge in [0, 0.05) is 27.7 Å². The fraction of sp³-hybridized carbons (Fsp3) is 0.111. The van der Waals surface area contributed by atoms with Gasteiger partial charge in [-0.1, -0.05) is 48.0 Å². The summed E-state index contributed by atoms with van der Waals surface area (Å²) in [7, 11) is 0. The van der Waals surface area contributed by atoms with Crippen LogP contribution in [0.1, 0.15) is 22.5 Å². The molecule has 3 aromatic carbocycles. The molecule has 164 valence electrons. The number of aryl methyl sites for hydroxylation is 3. The molecular formula is C27H21ClN2O2S. The monoisotopic (exact) mass is 472 g/mol. The standard InChI is InChI=1S/C27H21ClN2O2S/c1-16-5-6-19(15-22(16)28)24-13-10-20(32-24)11-14-25(31)30-27(33)29-23-12-9-18-8-7-17-3-2-4-21(23)26(17)18/h2-6,9-15H,7-8H2,1H3,(H2,29,30,31,33)/b14-11+. The van der Waals surface area contributed by atoms with Gasteiger partial charge in [-0.3, -0.25) is 10.1 Å².